The highest BCUT2D eigenvalue weighted by molar-refractivity contribution is 5.91. The number of hydrogen-bond acceptors (Lipinski definition) is 3. The zero-order valence-corrected chi connectivity index (χ0v) is 15.7. The van der Waals surface area contributed by atoms with Crippen molar-refractivity contribution in [3.05, 3.63) is 48.7 Å². The lowest BCUT2D eigenvalue weighted by Crippen LogP contribution is -2.28. The maximum atomic E-state index is 12.2. The SMILES string of the molecule is Cl.Cl.O=C(CCC1CCNCC1)Nc1ccnc(-c2ccccc2)c1. The molecule has 2 aromatic rings. The second kappa shape index (κ2) is 11.1. The van der Waals surface area contributed by atoms with Gasteiger partial charge in [0.05, 0.1) is 5.69 Å². The second-order valence-corrected chi connectivity index (χ2v) is 6.08. The predicted molar refractivity (Wildman–Crippen MR) is 108 cm³/mol. The molecule has 2 N–H and O–H groups in total. The Kier molecular flexibility index (Phi) is 9.50. The van der Waals surface area contributed by atoms with Crippen molar-refractivity contribution in [2.24, 2.45) is 5.92 Å². The van der Waals surface area contributed by atoms with Gasteiger partial charge in [-0.05, 0) is 50.4 Å². The Labute approximate surface area is 161 Å². The summed E-state index contributed by atoms with van der Waals surface area (Å²) in [5, 5.41) is 6.35. The molecule has 1 amide bonds. The van der Waals surface area contributed by atoms with Gasteiger partial charge in [-0.15, -0.1) is 24.8 Å². The lowest BCUT2D eigenvalue weighted by atomic mass is 9.93. The van der Waals surface area contributed by atoms with Crippen LogP contribution >= 0.6 is 24.8 Å². The number of aromatic nitrogens is 1. The number of carbonyl (C=O) groups excluding carboxylic acids is 1. The van der Waals surface area contributed by atoms with Crippen LogP contribution in [0.2, 0.25) is 0 Å². The summed E-state index contributed by atoms with van der Waals surface area (Å²) in [4.78, 5) is 16.5. The lowest BCUT2D eigenvalue weighted by Gasteiger charge is -2.22. The monoisotopic (exact) mass is 381 g/mol. The van der Waals surface area contributed by atoms with Crippen LogP contribution in [0.1, 0.15) is 25.7 Å². The molecule has 136 valence electrons. The Morgan fingerprint density at radius 1 is 1.12 bits per heavy atom. The summed E-state index contributed by atoms with van der Waals surface area (Å²) < 4.78 is 0. The third-order valence-corrected chi connectivity index (χ3v) is 4.35. The molecule has 1 fully saturated rings. The van der Waals surface area contributed by atoms with Gasteiger partial charge in [0.25, 0.3) is 0 Å². The molecule has 1 aromatic carbocycles. The minimum Gasteiger partial charge on any atom is -0.326 e. The molecule has 0 atom stereocenters. The highest BCUT2D eigenvalue weighted by atomic mass is 35.5. The Bertz CT molecular complexity index is 646. The zero-order valence-electron chi connectivity index (χ0n) is 14.1. The molecule has 25 heavy (non-hydrogen) atoms. The largest absolute Gasteiger partial charge is 0.326 e. The van der Waals surface area contributed by atoms with E-state index in [1.165, 1.54) is 12.8 Å². The molecule has 0 aliphatic carbocycles. The van der Waals surface area contributed by atoms with Gasteiger partial charge in [-0.1, -0.05) is 30.3 Å². The maximum Gasteiger partial charge on any atom is 0.224 e. The van der Waals surface area contributed by atoms with Gasteiger partial charge in [0, 0.05) is 23.9 Å². The molecular weight excluding hydrogens is 357 g/mol. The number of nitrogens with one attached hydrogen (secondary N) is 2. The quantitative estimate of drug-likeness (QED) is 0.810. The number of pyridine rings is 1. The van der Waals surface area contributed by atoms with Gasteiger partial charge in [0.1, 0.15) is 0 Å². The standard InChI is InChI=1S/C19H23N3O.2ClH/c23-19(7-6-15-8-11-20-12-9-15)22-17-10-13-21-18(14-17)16-4-2-1-3-5-16;;/h1-5,10,13-15,20H,6-9,11-12H2,(H,21,22,23);2*1H. The summed E-state index contributed by atoms with van der Waals surface area (Å²) >= 11 is 0. The molecule has 1 saturated heterocycles. The third kappa shape index (κ3) is 6.65. The Hall–Kier alpha value is -1.62. The number of anilines is 1. The first-order valence-corrected chi connectivity index (χ1v) is 8.33. The van der Waals surface area contributed by atoms with Crippen molar-refractivity contribution in [3.63, 3.8) is 0 Å². The van der Waals surface area contributed by atoms with Crippen LogP contribution in [-0.4, -0.2) is 24.0 Å². The fourth-order valence-electron chi connectivity index (χ4n) is 3.00. The van der Waals surface area contributed by atoms with Gasteiger partial charge in [-0.25, -0.2) is 0 Å². The van der Waals surface area contributed by atoms with Crippen LogP contribution in [0.5, 0.6) is 0 Å². The van der Waals surface area contributed by atoms with Crippen molar-refractivity contribution in [2.45, 2.75) is 25.7 Å². The van der Waals surface area contributed by atoms with Crippen molar-refractivity contribution in [1.82, 2.24) is 10.3 Å². The van der Waals surface area contributed by atoms with E-state index in [2.05, 4.69) is 15.6 Å². The smallest absolute Gasteiger partial charge is 0.224 e. The first kappa shape index (κ1) is 21.4. The Balaban J connectivity index is 0.00000156. The van der Waals surface area contributed by atoms with E-state index in [1.807, 2.05) is 42.5 Å². The molecule has 0 unspecified atom stereocenters. The molecule has 1 aliphatic rings. The molecule has 0 radical (unpaired) electrons. The van der Waals surface area contributed by atoms with E-state index in [0.29, 0.717) is 12.3 Å². The number of amides is 1. The average Bonchev–Trinajstić information content (AvgIpc) is 2.62. The molecule has 0 bridgehead atoms. The zero-order chi connectivity index (χ0) is 15.9. The number of piperidine rings is 1. The number of benzene rings is 1. The van der Waals surface area contributed by atoms with Crippen LogP contribution in [0, 0.1) is 5.92 Å². The molecule has 2 heterocycles. The molecule has 0 spiro atoms. The van der Waals surface area contributed by atoms with Gasteiger partial charge in [-0.2, -0.15) is 0 Å². The summed E-state index contributed by atoms with van der Waals surface area (Å²) in [6, 6.07) is 13.8. The van der Waals surface area contributed by atoms with Crippen LogP contribution in [-0.2, 0) is 4.79 Å². The number of rotatable bonds is 5. The number of hydrogen-bond donors (Lipinski definition) is 2. The summed E-state index contributed by atoms with van der Waals surface area (Å²) in [7, 11) is 0. The molecular formula is C19H25Cl2N3O. The first-order chi connectivity index (χ1) is 11.3. The summed E-state index contributed by atoms with van der Waals surface area (Å²) in [5.41, 5.74) is 2.74. The van der Waals surface area contributed by atoms with E-state index in [1.54, 1.807) is 6.20 Å². The molecule has 1 aromatic heterocycles. The molecule has 3 rings (SSSR count). The third-order valence-electron chi connectivity index (χ3n) is 4.35. The maximum absolute atomic E-state index is 12.2. The van der Waals surface area contributed by atoms with Crippen molar-refractivity contribution < 1.29 is 4.79 Å². The summed E-state index contributed by atoms with van der Waals surface area (Å²) in [6.45, 7) is 2.16. The Morgan fingerprint density at radius 3 is 2.56 bits per heavy atom. The van der Waals surface area contributed by atoms with Gasteiger partial charge < -0.3 is 10.6 Å². The highest BCUT2D eigenvalue weighted by Gasteiger charge is 2.14. The topological polar surface area (TPSA) is 54.0 Å². The van der Waals surface area contributed by atoms with E-state index < -0.39 is 0 Å². The predicted octanol–water partition coefficient (Wildman–Crippen LogP) is 4.31. The van der Waals surface area contributed by atoms with Crippen molar-refractivity contribution in [1.29, 1.82) is 0 Å². The molecule has 1 aliphatic heterocycles. The highest BCUT2D eigenvalue weighted by Crippen LogP contribution is 2.21. The van der Waals surface area contributed by atoms with Crippen LogP contribution < -0.4 is 10.6 Å². The van der Waals surface area contributed by atoms with Gasteiger partial charge in [0.2, 0.25) is 5.91 Å². The van der Waals surface area contributed by atoms with Crippen LogP contribution in [0.4, 0.5) is 5.69 Å². The van der Waals surface area contributed by atoms with E-state index in [0.717, 1.165) is 36.5 Å². The minimum absolute atomic E-state index is 0. The van der Waals surface area contributed by atoms with Gasteiger partial charge in [-0.3, -0.25) is 9.78 Å². The Morgan fingerprint density at radius 2 is 1.84 bits per heavy atom. The fraction of sp³-hybridized carbons (Fsp3) is 0.368. The number of carbonyl (C=O) groups is 1. The molecule has 0 saturated carbocycles. The molecule has 4 nitrogen and oxygen atoms in total. The summed E-state index contributed by atoms with van der Waals surface area (Å²) in [5.74, 6) is 0.771. The van der Waals surface area contributed by atoms with E-state index in [-0.39, 0.29) is 30.7 Å². The van der Waals surface area contributed by atoms with Crippen molar-refractivity contribution in [2.75, 3.05) is 18.4 Å². The average molecular weight is 382 g/mol. The van der Waals surface area contributed by atoms with E-state index in [4.69, 9.17) is 0 Å². The molecule has 6 heteroatoms. The van der Waals surface area contributed by atoms with Gasteiger partial charge >= 0.3 is 0 Å². The van der Waals surface area contributed by atoms with Crippen molar-refractivity contribution in [3.8, 4) is 11.3 Å². The number of nitrogens with zero attached hydrogens (tertiary/aromatic N) is 1. The number of halogens is 2. The summed E-state index contributed by atoms with van der Waals surface area (Å²) in [6.07, 6.45) is 5.67. The minimum atomic E-state index is 0. The van der Waals surface area contributed by atoms with E-state index in [9.17, 15) is 4.79 Å². The fourth-order valence-corrected chi connectivity index (χ4v) is 3.00. The van der Waals surface area contributed by atoms with Gasteiger partial charge in [0.15, 0.2) is 0 Å². The van der Waals surface area contributed by atoms with Crippen molar-refractivity contribution >= 4 is 36.4 Å². The van der Waals surface area contributed by atoms with E-state index >= 15 is 0 Å². The first-order valence-electron chi connectivity index (χ1n) is 8.33. The van der Waals surface area contributed by atoms with Crippen LogP contribution in [0.25, 0.3) is 11.3 Å². The van der Waals surface area contributed by atoms with Crippen LogP contribution in [0.3, 0.4) is 0 Å². The lowest BCUT2D eigenvalue weighted by molar-refractivity contribution is -0.116. The van der Waals surface area contributed by atoms with Crippen LogP contribution in [0.15, 0.2) is 48.7 Å². The normalized spacial score (nSPS) is 14.1. The second-order valence-electron chi connectivity index (χ2n) is 6.08.